The number of rotatable bonds is 5. The molecule has 0 spiro atoms. The molecule has 2 nitrogen and oxygen atoms in total. The van der Waals surface area contributed by atoms with Gasteiger partial charge < -0.3 is 5.11 Å². The van der Waals surface area contributed by atoms with Crippen LogP contribution in [0.3, 0.4) is 0 Å². The average Bonchev–Trinajstić information content (AvgIpc) is 3.08. The number of fused-ring (bicyclic) bond motifs is 1. The molecule has 0 saturated heterocycles. The largest absolute Gasteiger partial charge is 0.386 e. The molecule has 0 radical (unpaired) electrons. The minimum absolute atomic E-state index is 0.148. The van der Waals surface area contributed by atoms with Crippen LogP contribution in [0.2, 0.25) is 0 Å². The van der Waals surface area contributed by atoms with Gasteiger partial charge in [0.2, 0.25) is 0 Å². The number of hydrogen-bond acceptors (Lipinski definition) is 2. The van der Waals surface area contributed by atoms with Gasteiger partial charge in [0, 0.05) is 11.3 Å². The second-order valence-electron chi connectivity index (χ2n) is 6.75. The lowest BCUT2D eigenvalue weighted by atomic mass is 9.76. The summed E-state index contributed by atoms with van der Waals surface area (Å²) in [6.45, 7) is 12.5. The van der Waals surface area contributed by atoms with E-state index >= 15 is 0 Å². The van der Waals surface area contributed by atoms with Crippen molar-refractivity contribution >= 4 is 0 Å². The van der Waals surface area contributed by atoms with Crippen LogP contribution in [0.4, 0.5) is 0 Å². The summed E-state index contributed by atoms with van der Waals surface area (Å²) in [5.41, 5.74) is -0.213. The quantitative estimate of drug-likeness (QED) is 0.840. The van der Waals surface area contributed by atoms with E-state index in [4.69, 9.17) is 0 Å². The van der Waals surface area contributed by atoms with Gasteiger partial charge in [0.25, 0.3) is 0 Å². The third-order valence-corrected chi connectivity index (χ3v) is 6.24. The molecule has 4 atom stereocenters. The molecule has 0 aromatic heterocycles. The Labute approximate surface area is 134 Å². The van der Waals surface area contributed by atoms with Crippen LogP contribution >= 0.6 is 0 Å². The van der Waals surface area contributed by atoms with Gasteiger partial charge >= 0.3 is 0 Å². The summed E-state index contributed by atoms with van der Waals surface area (Å²) in [6, 6.07) is 10.4. The van der Waals surface area contributed by atoms with E-state index in [1.54, 1.807) is 0 Å². The lowest BCUT2D eigenvalue weighted by Crippen LogP contribution is -2.60. The Kier molecular flexibility index (Phi) is 3.58. The summed E-state index contributed by atoms with van der Waals surface area (Å²) in [6.07, 6.45) is 7.25. The molecule has 1 aromatic rings. The van der Waals surface area contributed by atoms with Crippen LogP contribution in [0.5, 0.6) is 0 Å². The molecule has 2 aliphatic carbocycles. The molecule has 1 N–H and O–H groups in total. The molecule has 0 aliphatic heterocycles. The second-order valence-corrected chi connectivity index (χ2v) is 6.75. The van der Waals surface area contributed by atoms with Crippen LogP contribution in [-0.2, 0) is 5.41 Å². The third kappa shape index (κ3) is 1.57. The fraction of sp³-hybridized carbons (Fsp3) is 0.500. The molecule has 2 aliphatic rings. The number of aliphatic hydroxyl groups is 1. The fourth-order valence-corrected chi connectivity index (χ4v) is 4.93. The smallest absolute Gasteiger partial charge is 0.104 e. The number of hydrogen-bond donors (Lipinski definition) is 1. The minimum Gasteiger partial charge on any atom is -0.386 e. The van der Waals surface area contributed by atoms with E-state index < -0.39 is 5.60 Å². The van der Waals surface area contributed by atoms with Gasteiger partial charge in [-0.2, -0.15) is 0 Å². The number of likely N-dealkylation sites (N-methyl/N-ethyl adjacent to an activating group) is 1. The van der Waals surface area contributed by atoms with Gasteiger partial charge in [0.1, 0.15) is 5.60 Å². The lowest BCUT2D eigenvalue weighted by Gasteiger charge is -2.47. The number of benzene rings is 1. The lowest BCUT2D eigenvalue weighted by molar-refractivity contribution is -0.0370. The van der Waals surface area contributed by atoms with Crippen LogP contribution in [0, 0.1) is 5.92 Å². The van der Waals surface area contributed by atoms with Crippen LogP contribution in [0.1, 0.15) is 32.8 Å². The third-order valence-electron chi connectivity index (χ3n) is 6.24. The van der Waals surface area contributed by atoms with E-state index in [9.17, 15) is 5.11 Å². The molecule has 1 saturated carbocycles. The molecule has 1 fully saturated rings. The zero-order valence-corrected chi connectivity index (χ0v) is 13.9. The van der Waals surface area contributed by atoms with E-state index in [0.717, 1.165) is 19.5 Å². The summed E-state index contributed by atoms with van der Waals surface area (Å²) in [5, 5.41) is 11.8. The first-order valence-electron chi connectivity index (χ1n) is 8.36. The van der Waals surface area contributed by atoms with Crippen molar-refractivity contribution in [2.24, 2.45) is 5.92 Å². The van der Waals surface area contributed by atoms with Crippen LogP contribution in [0.15, 0.2) is 55.1 Å². The van der Waals surface area contributed by atoms with Gasteiger partial charge in [-0.15, -0.1) is 6.58 Å². The van der Waals surface area contributed by atoms with Crippen LogP contribution < -0.4 is 0 Å². The van der Waals surface area contributed by atoms with Gasteiger partial charge in [-0.3, -0.25) is 4.90 Å². The van der Waals surface area contributed by atoms with Crippen molar-refractivity contribution in [3.8, 4) is 0 Å². The van der Waals surface area contributed by atoms with Crippen molar-refractivity contribution in [2.45, 2.75) is 43.7 Å². The van der Waals surface area contributed by atoms with Crippen molar-refractivity contribution in [2.75, 3.05) is 13.1 Å². The van der Waals surface area contributed by atoms with Crippen LogP contribution in [0.25, 0.3) is 0 Å². The molecule has 1 aromatic carbocycles. The maximum atomic E-state index is 11.8. The second kappa shape index (κ2) is 5.07. The summed E-state index contributed by atoms with van der Waals surface area (Å²) >= 11 is 0. The Morgan fingerprint density at radius 1 is 1.27 bits per heavy atom. The molecule has 0 heterocycles. The molecule has 3 rings (SSSR count). The first kappa shape index (κ1) is 15.5. The van der Waals surface area contributed by atoms with Crippen molar-refractivity contribution < 1.29 is 5.11 Å². The van der Waals surface area contributed by atoms with Gasteiger partial charge in [0.05, 0.1) is 5.54 Å². The molecule has 118 valence electrons. The normalized spacial score (nSPS) is 39.6. The molecule has 0 unspecified atom stereocenters. The van der Waals surface area contributed by atoms with Crippen molar-refractivity contribution in [1.82, 2.24) is 4.90 Å². The Morgan fingerprint density at radius 2 is 1.91 bits per heavy atom. The molecular formula is C20H27NO. The zero-order chi connectivity index (χ0) is 16.0. The maximum absolute atomic E-state index is 11.8. The highest BCUT2D eigenvalue weighted by Crippen LogP contribution is 2.71. The Morgan fingerprint density at radius 3 is 2.45 bits per heavy atom. The minimum atomic E-state index is -0.788. The highest BCUT2D eigenvalue weighted by atomic mass is 16.3. The van der Waals surface area contributed by atoms with E-state index in [1.807, 2.05) is 12.1 Å². The Hall–Kier alpha value is -1.38. The SMILES string of the molecule is C=C[C@]1(N(CC)CC)CC=C[C@@H]2[C@@]1(O)[C@]2(C)c1ccccc1. The molecule has 22 heavy (non-hydrogen) atoms. The average molecular weight is 297 g/mol. The monoisotopic (exact) mass is 297 g/mol. The summed E-state index contributed by atoms with van der Waals surface area (Å²) < 4.78 is 0. The predicted octanol–water partition coefficient (Wildman–Crippen LogP) is 3.53. The maximum Gasteiger partial charge on any atom is 0.104 e. The first-order valence-corrected chi connectivity index (χ1v) is 8.36. The molecule has 2 heteroatoms. The summed E-state index contributed by atoms with van der Waals surface area (Å²) in [4.78, 5) is 2.37. The Balaban J connectivity index is 2.14. The number of nitrogens with zero attached hydrogens (tertiary/aromatic N) is 1. The van der Waals surface area contributed by atoms with Crippen molar-refractivity contribution in [3.63, 3.8) is 0 Å². The van der Waals surface area contributed by atoms with Gasteiger partial charge in [-0.1, -0.05) is 69.3 Å². The molecule has 0 amide bonds. The standard InChI is InChI=1S/C20H27NO/c1-5-19(21(6-2)7-3)15-11-14-17-18(4,20(17,19)22)16-12-9-8-10-13-16/h5,8-14,17,22H,1,6-7,15H2,2-4H3/t17-,18+,19-,20+/m0/s1. The van der Waals surface area contributed by atoms with E-state index in [1.165, 1.54) is 5.56 Å². The molecular weight excluding hydrogens is 270 g/mol. The topological polar surface area (TPSA) is 23.5 Å². The van der Waals surface area contributed by atoms with Gasteiger partial charge in [-0.05, 0) is 25.1 Å². The van der Waals surface area contributed by atoms with E-state index in [2.05, 4.69) is 68.7 Å². The van der Waals surface area contributed by atoms with Crippen molar-refractivity contribution in [3.05, 3.63) is 60.7 Å². The van der Waals surface area contributed by atoms with E-state index in [-0.39, 0.29) is 16.9 Å². The summed E-state index contributed by atoms with van der Waals surface area (Å²) in [7, 11) is 0. The first-order chi connectivity index (χ1) is 10.5. The van der Waals surface area contributed by atoms with Gasteiger partial charge in [-0.25, -0.2) is 0 Å². The molecule has 0 bridgehead atoms. The van der Waals surface area contributed by atoms with E-state index in [0.29, 0.717) is 0 Å². The van der Waals surface area contributed by atoms with Gasteiger partial charge in [0.15, 0.2) is 0 Å². The van der Waals surface area contributed by atoms with Crippen molar-refractivity contribution in [1.29, 1.82) is 0 Å². The highest BCUT2D eigenvalue weighted by molar-refractivity contribution is 5.53. The van der Waals surface area contributed by atoms with Crippen LogP contribution in [-0.4, -0.2) is 34.2 Å². The zero-order valence-electron chi connectivity index (χ0n) is 13.9. The highest BCUT2D eigenvalue weighted by Gasteiger charge is 2.81. The Bertz CT molecular complexity index is 591. The predicted molar refractivity (Wildman–Crippen MR) is 91.8 cm³/mol. The fourth-order valence-electron chi connectivity index (χ4n) is 4.93. The summed E-state index contributed by atoms with van der Waals surface area (Å²) in [5.74, 6) is 0.148.